The average Bonchev–Trinajstić information content (AvgIpc) is 2.53. The van der Waals surface area contributed by atoms with Crippen LogP contribution >= 0.6 is 0 Å². The van der Waals surface area contributed by atoms with Gasteiger partial charge in [0.1, 0.15) is 0 Å². The standard InChI is InChI=1S/C16H22N2O6S/c1-3-8-24-11-14(16(20)21)17-15(19)12-6-5-7-13(10-12)18-25(22,23)9-4-2/h3,5-7,10,14,18H,1,4,8-9,11H2,2H3,(H,17,19)(H,20,21). The van der Waals surface area contributed by atoms with Crippen LogP contribution in [-0.2, 0) is 19.6 Å². The molecule has 0 aliphatic carbocycles. The molecule has 3 N–H and O–H groups in total. The molecule has 1 atom stereocenters. The van der Waals surface area contributed by atoms with Crippen molar-refractivity contribution < 1.29 is 27.9 Å². The molecule has 0 heterocycles. The molecule has 1 aromatic rings. The Morgan fingerprint density at radius 1 is 1.40 bits per heavy atom. The van der Waals surface area contributed by atoms with E-state index in [0.717, 1.165) is 0 Å². The molecule has 0 saturated heterocycles. The van der Waals surface area contributed by atoms with Crippen LogP contribution in [0.4, 0.5) is 5.69 Å². The van der Waals surface area contributed by atoms with E-state index in [0.29, 0.717) is 6.42 Å². The Bertz CT molecular complexity index is 717. The summed E-state index contributed by atoms with van der Waals surface area (Å²) in [5, 5.41) is 11.5. The van der Waals surface area contributed by atoms with Gasteiger partial charge in [-0.1, -0.05) is 19.1 Å². The van der Waals surface area contributed by atoms with E-state index in [9.17, 15) is 18.0 Å². The molecule has 0 bridgehead atoms. The van der Waals surface area contributed by atoms with Gasteiger partial charge in [0.15, 0.2) is 6.04 Å². The second kappa shape index (κ2) is 9.80. The van der Waals surface area contributed by atoms with Gasteiger partial charge in [-0.25, -0.2) is 13.2 Å². The summed E-state index contributed by atoms with van der Waals surface area (Å²) in [6.45, 7) is 5.14. The molecule has 0 fully saturated rings. The fraction of sp³-hybridized carbons (Fsp3) is 0.375. The highest BCUT2D eigenvalue weighted by molar-refractivity contribution is 7.92. The molecule has 0 saturated carbocycles. The van der Waals surface area contributed by atoms with Crippen LogP contribution in [0.25, 0.3) is 0 Å². The molecule has 138 valence electrons. The number of carboxylic acid groups (broad SMARTS) is 1. The maximum Gasteiger partial charge on any atom is 0.328 e. The van der Waals surface area contributed by atoms with Gasteiger partial charge >= 0.3 is 5.97 Å². The van der Waals surface area contributed by atoms with Crippen molar-refractivity contribution >= 4 is 27.6 Å². The highest BCUT2D eigenvalue weighted by atomic mass is 32.2. The number of nitrogens with one attached hydrogen (secondary N) is 2. The van der Waals surface area contributed by atoms with Crippen LogP contribution in [0, 0.1) is 0 Å². The fourth-order valence-electron chi connectivity index (χ4n) is 1.91. The number of carboxylic acids is 1. The summed E-state index contributed by atoms with van der Waals surface area (Å²) in [6, 6.07) is 4.57. The van der Waals surface area contributed by atoms with Crippen molar-refractivity contribution in [3.05, 3.63) is 42.5 Å². The maximum atomic E-state index is 12.2. The van der Waals surface area contributed by atoms with Gasteiger partial charge in [0.05, 0.1) is 19.0 Å². The Kier molecular flexibility index (Phi) is 8.09. The van der Waals surface area contributed by atoms with E-state index in [1.807, 2.05) is 0 Å². The zero-order valence-corrected chi connectivity index (χ0v) is 14.7. The third-order valence-corrected chi connectivity index (χ3v) is 4.49. The lowest BCUT2D eigenvalue weighted by atomic mass is 10.2. The van der Waals surface area contributed by atoms with Gasteiger partial charge in [0, 0.05) is 11.3 Å². The Morgan fingerprint density at radius 2 is 2.12 bits per heavy atom. The molecule has 1 unspecified atom stereocenters. The molecule has 25 heavy (non-hydrogen) atoms. The number of carbonyl (C=O) groups excluding carboxylic acids is 1. The lowest BCUT2D eigenvalue weighted by Gasteiger charge is -2.15. The van der Waals surface area contributed by atoms with Gasteiger partial charge in [-0.05, 0) is 24.6 Å². The molecule has 0 spiro atoms. The molecule has 8 nitrogen and oxygen atoms in total. The lowest BCUT2D eigenvalue weighted by molar-refractivity contribution is -0.140. The van der Waals surface area contributed by atoms with Crippen molar-refractivity contribution in [3.63, 3.8) is 0 Å². The quantitative estimate of drug-likeness (QED) is 0.398. The van der Waals surface area contributed by atoms with Crippen molar-refractivity contribution in [2.75, 3.05) is 23.7 Å². The molecule has 0 aliphatic rings. The monoisotopic (exact) mass is 370 g/mol. The SMILES string of the molecule is C=CCOCC(NC(=O)c1cccc(NS(=O)(=O)CCC)c1)C(=O)O. The number of hydrogen-bond acceptors (Lipinski definition) is 5. The van der Waals surface area contributed by atoms with Gasteiger partial charge in [-0.3, -0.25) is 9.52 Å². The van der Waals surface area contributed by atoms with Crippen LogP contribution in [-0.4, -0.2) is 50.4 Å². The predicted octanol–water partition coefficient (Wildman–Crippen LogP) is 1.22. The number of benzene rings is 1. The molecule has 1 amide bonds. The summed E-state index contributed by atoms with van der Waals surface area (Å²) >= 11 is 0. The van der Waals surface area contributed by atoms with E-state index < -0.39 is 27.9 Å². The van der Waals surface area contributed by atoms with E-state index in [4.69, 9.17) is 9.84 Å². The molecule has 1 aromatic carbocycles. The molecular weight excluding hydrogens is 348 g/mol. The van der Waals surface area contributed by atoms with Crippen LogP contribution in [0.3, 0.4) is 0 Å². The largest absolute Gasteiger partial charge is 0.480 e. The number of anilines is 1. The second-order valence-corrected chi connectivity index (χ2v) is 7.03. The molecule has 9 heteroatoms. The first kappa shape index (κ1) is 20.7. The molecule has 0 aliphatic heterocycles. The van der Waals surface area contributed by atoms with Crippen molar-refractivity contribution in [2.45, 2.75) is 19.4 Å². The normalized spacial score (nSPS) is 12.2. The third-order valence-electron chi connectivity index (χ3n) is 2.99. The average molecular weight is 370 g/mol. The number of rotatable bonds is 11. The van der Waals surface area contributed by atoms with E-state index >= 15 is 0 Å². The number of sulfonamides is 1. The minimum absolute atomic E-state index is 0.0366. The smallest absolute Gasteiger partial charge is 0.328 e. The van der Waals surface area contributed by atoms with Crippen molar-refractivity contribution in [1.82, 2.24) is 5.32 Å². The Hall–Kier alpha value is -2.39. The van der Waals surface area contributed by atoms with Gasteiger partial charge in [0.25, 0.3) is 5.91 Å². The summed E-state index contributed by atoms with van der Waals surface area (Å²) in [7, 11) is -3.48. The topological polar surface area (TPSA) is 122 Å². The Balaban J connectivity index is 2.82. The van der Waals surface area contributed by atoms with E-state index in [-0.39, 0.29) is 30.2 Å². The Morgan fingerprint density at radius 3 is 2.72 bits per heavy atom. The summed E-state index contributed by atoms with van der Waals surface area (Å²) in [5.41, 5.74) is 0.363. The number of hydrogen-bond donors (Lipinski definition) is 3. The first-order chi connectivity index (χ1) is 11.8. The van der Waals surface area contributed by atoms with E-state index in [1.54, 1.807) is 6.92 Å². The zero-order chi connectivity index (χ0) is 18.9. The van der Waals surface area contributed by atoms with Crippen LogP contribution in [0.15, 0.2) is 36.9 Å². The first-order valence-electron chi connectivity index (χ1n) is 7.62. The minimum atomic E-state index is -3.48. The van der Waals surface area contributed by atoms with Gasteiger partial charge in [0.2, 0.25) is 10.0 Å². The van der Waals surface area contributed by atoms with Crippen LogP contribution in [0.1, 0.15) is 23.7 Å². The van der Waals surface area contributed by atoms with Crippen LogP contribution in [0.2, 0.25) is 0 Å². The molecule has 0 radical (unpaired) electrons. The fourth-order valence-corrected chi connectivity index (χ4v) is 3.03. The molecular formula is C16H22N2O6S. The van der Waals surface area contributed by atoms with Crippen molar-refractivity contribution in [2.24, 2.45) is 0 Å². The highest BCUT2D eigenvalue weighted by Crippen LogP contribution is 2.13. The van der Waals surface area contributed by atoms with Crippen molar-refractivity contribution in [3.8, 4) is 0 Å². The molecule has 1 rings (SSSR count). The third kappa shape index (κ3) is 7.36. The van der Waals surface area contributed by atoms with Gasteiger partial charge in [-0.2, -0.15) is 0 Å². The number of carbonyl (C=O) groups is 2. The Labute approximate surface area is 146 Å². The second-order valence-electron chi connectivity index (χ2n) is 5.19. The summed E-state index contributed by atoms with van der Waals surface area (Å²) < 4.78 is 31.0. The summed E-state index contributed by atoms with van der Waals surface area (Å²) in [5.74, 6) is -1.92. The first-order valence-corrected chi connectivity index (χ1v) is 9.27. The van der Waals surface area contributed by atoms with Crippen LogP contribution in [0.5, 0.6) is 0 Å². The predicted molar refractivity (Wildman–Crippen MR) is 94.0 cm³/mol. The van der Waals surface area contributed by atoms with Gasteiger partial charge < -0.3 is 15.2 Å². The minimum Gasteiger partial charge on any atom is -0.480 e. The van der Waals surface area contributed by atoms with E-state index in [2.05, 4.69) is 16.6 Å². The zero-order valence-electron chi connectivity index (χ0n) is 13.9. The molecule has 0 aromatic heterocycles. The van der Waals surface area contributed by atoms with E-state index in [1.165, 1.54) is 30.3 Å². The van der Waals surface area contributed by atoms with Crippen LogP contribution < -0.4 is 10.0 Å². The number of amides is 1. The highest BCUT2D eigenvalue weighted by Gasteiger charge is 2.21. The van der Waals surface area contributed by atoms with Crippen molar-refractivity contribution in [1.29, 1.82) is 0 Å². The number of ether oxygens (including phenoxy) is 1. The summed E-state index contributed by atoms with van der Waals surface area (Å²) in [4.78, 5) is 23.4. The maximum absolute atomic E-state index is 12.2. The number of aliphatic carboxylic acids is 1. The summed E-state index contributed by atoms with van der Waals surface area (Å²) in [6.07, 6.45) is 1.92. The van der Waals surface area contributed by atoms with Gasteiger partial charge in [-0.15, -0.1) is 6.58 Å². The lowest BCUT2D eigenvalue weighted by Crippen LogP contribution is -2.44.